The van der Waals surface area contributed by atoms with Gasteiger partial charge in [0, 0.05) is 19.3 Å². The zero-order valence-electron chi connectivity index (χ0n) is 10.9. The van der Waals surface area contributed by atoms with Gasteiger partial charge in [-0.2, -0.15) is 0 Å². The number of hydrogen-bond acceptors (Lipinski definition) is 4. The van der Waals surface area contributed by atoms with Gasteiger partial charge < -0.3 is 10.2 Å². The molecule has 1 N–H and O–H groups in total. The van der Waals surface area contributed by atoms with Crippen LogP contribution in [0.2, 0.25) is 0 Å². The van der Waals surface area contributed by atoms with Crippen LogP contribution < -0.4 is 10.2 Å². The van der Waals surface area contributed by atoms with Crippen molar-refractivity contribution in [2.75, 3.05) is 24.5 Å². The third-order valence-electron chi connectivity index (χ3n) is 3.01. The van der Waals surface area contributed by atoms with Crippen LogP contribution in [-0.4, -0.2) is 29.6 Å². The van der Waals surface area contributed by atoms with Crippen LogP contribution in [0.3, 0.4) is 0 Å². The van der Waals surface area contributed by atoms with Crippen LogP contribution >= 0.6 is 0 Å². The van der Waals surface area contributed by atoms with Crippen molar-refractivity contribution in [1.82, 2.24) is 15.3 Å². The molecule has 4 nitrogen and oxygen atoms in total. The molecule has 18 heavy (non-hydrogen) atoms. The van der Waals surface area contributed by atoms with Gasteiger partial charge >= 0.3 is 0 Å². The van der Waals surface area contributed by atoms with E-state index < -0.39 is 0 Å². The Labute approximate surface area is 109 Å². The van der Waals surface area contributed by atoms with E-state index in [-0.39, 0.29) is 0 Å². The second-order valence-electron chi connectivity index (χ2n) is 4.68. The van der Waals surface area contributed by atoms with E-state index in [1.807, 2.05) is 0 Å². The van der Waals surface area contributed by atoms with E-state index in [4.69, 9.17) is 6.42 Å². The van der Waals surface area contributed by atoms with E-state index in [1.54, 1.807) is 12.4 Å². The van der Waals surface area contributed by atoms with Gasteiger partial charge in [0.25, 0.3) is 0 Å². The lowest BCUT2D eigenvalue weighted by atomic mass is 10.3. The van der Waals surface area contributed by atoms with E-state index >= 15 is 0 Å². The zero-order valence-corrected chi connectivity index (χ0v) is 10.9. The van der Waals surface area contributed by atoms with Gasteiger partial charge in [-0.15, -0.1) is 6.42 Å². The normalized spacial score (nSPS) is 14.2. The Morgan fingerprint density at radius 1 is 1.50 bits per heavy atom. The van der Waals surface area contributed by atoms with Crippen molar-refractivity contribution in [2.24, 2.45) is 5.92 Å². The molecule has 0 unspecified atom stereocenters. The average Bonchev–Trinajstić information content (AvgIpc) is 3.20. The Hall–Kier alpha value is -1.60. The molecule has 1 aromatic heterocycles. The van der Waals surface area contributed by atoms with E-state index in [9.17, 15) is 0 Å². The number of rotatable bonds is 7. The molecule has 1 fully saturated rings. The van der Waals surface area contributed by atoms with Gasteiger partial charge in [0.1, 0.15) is 5.82 Å². The molecule has 0 aliphatic heterocycles. The maximum Gasteiger partial charge on any atom is 0.148 e. The van der Waals surface area contributed by atoms with Crippen LogP contribution in [0.1, 0.15) is 25.5 Å². The second kappa shape index (κ2) is 6.36. The van der Waals surface area contributed by atoms with Crippen molar-refractivity contribution in [2.45, 2.75) is 26.3 Å². The highest BCUT2D eigenvalue weighted by Crippen LogP contribution is 2.30. The van der Waals surface area contributed by atoms with E-state index in [0.29, 0.717) is 6.54 Å². The highest BCUT2D eigenvalue weighted by molar-refractivity contribution is 5.38. The van der Waals surface area contributed by atoms with Gasteiger partial charge in [0.05, 0.1) is 18.4 Å². The summed E-state index contributed by atoms with van der Waals surface area (Å²) in [7, 11) is 0. The molecule has 1 aromatic rings. The fourth-order valence-electron chi connectivity index (χ4n) is 1.85. The molecule has 0 amide bonds. The van der Waals surface area contributed by atoms with E-state index in [0.717, 1.165) is 37.1 Å². The van der Waals surface area contributed by atoms with Gasteiger partial charge in [-0.25, -0.2) is 4.98 Å². The van der Waals surface area contributed by atoms with Gasteiger partial charge in [-0.1, -0.05) is 12.8 Å². The first-order chi connectivity index (χ1) is 8.83. The smallest absolute Gasteiger partial charge is 0.148 e. The summed E-state index contributed by atoms with van der Waals surface area (Å²) in [6.07, 6.45) is 11.7. The number of terminal acetylenes is 1. The largest absolute Gasteiger partial charge is 0.344 e. The molecule has 0 saturated heterocycles. The molecule has 0 aromatic carbocycles. The molecule has 96 valence electrons. The Bertz CT molecular complexity index is 420. The molecule has 0 atom stereocenters. The van der Waals surface area contributed by atoms with E-state index in [1.165, 1.54) is 12.8 Å². The number of nitrogens with zero attached hydrogens (tertiary/aromatic N) is 3. The van der Waals surface area contributed by atoms with Crippen molar-refractivity contribution in [3.8, 4) is 12.3 Å². The molecule has 0 bridgehead atoms. The van der Waals surface area contributed by atoms with Crippen LogP contribution in [0, 0.1) is 18.3 Å². The summed E-state index contributed by atoms with van der Waals surface area (Å²) in [5.74, 6) is 4.39. The molecular formula is C14H20N4. The van der Waals surface area contributed by atoms with Crippen molar-refractivity contribution in [1.29, 1.82) is 0 Å². The number of nitrogens with one attached hydrogen (secondary N) is 1. The fourth-order valence-corrected chi connectivity index (χ4v) is 1.85. The SMILES string of the molecule is C#CCN(CC1CC1)c1cncc(CNCC)n1. The van der Waals surface area contributed by atoms with Crippen LogP contribution in [-0.2, 0) is 6.54 Å². The molecule has 2 rings (SSSR count). The van der Waals surface area contributed by atoms with Crippen LogP contribution in [0.15, 0.2) is 12.4 Å². The molecule has 0 radical (unpaired) electrons. The number of aromatic nitrogens is 2. The molecule has 0 spiro atoms. The van der Waals surface area contributed by atoms with Crippen LogP contribution in [0.5, 0.6) is 0 Å². The Morgan fingerprint density at radius 2 is 2.33 bits per heavy atom. The molecule has 1 saturated carbocycles. The van der Waals surface area contributed by atoms with Crippen molar-refractivity contribution in [3.63, 3.8) is 0 Å². The standard InChI is InChI=1S/C14H20N4/c1-3-7-18(11-12-5-6-12)14-10-16-9-13(17-14)8-15-4-2/h1,9-10,12,15H,4-8,11H2,2H3. The predicted octanol–water partition coefficient (Wildman–Crippen LogP) is 1.44. The maximum absolute atomic E-state index is 5.43. The van der Waals surface area contributed by atoms with Gasteiger partial charge in [0.15, 0.2) is 0 Å². The van der Waals surface area contributed by atoms with E-state index in [2.05, 4.69) is 33.0 Å². The number of hydrogen-bond donors (Lipinski definition) is 1. The third kappa shape index (κ3) is 3.71. The minimum absolute atomic E-state index is 0.607. The fraction of sp³-hybridized carbons (Fsp3) is 0.571. The summed E-state index contributed by atoms with van der Waals surface area (Å²) in [5, 5.41) is 3.25. The first-order valence-corrected chi connectivity index (χ1v) is 6.53. The predicted molar refractivity (Wildman–Crippen MR) is 73.2 cm³/mol. The van der Waals surface area contributed by atoms with Gasteiger partial charge in [-0.3, -0.25) is 4.98 Å². The lowest BCUT2D eigenvalue weighted by Gasteiger charge is -2.21. The summed E-state index contributed by atoms with van der Waals surface area (Å²) in [6, 6.07) is 0. The monoisotopic (exact) mass is 244 g/mol. The third-order valence-corrected chi connectivity index (χ3v) is 3.01. The average molecular weight is 244 g/mol. The van der Waals surface area contributed by atoms with Crippen molar-refractivity contribution >= 4 is 5.82 Å². The van der Waals surface area contributed by atoms with Crippen LogP contribution in [0.4, 0.5) is 5.82 Å². The first kappa shape index (κ1) is 12.8. The summed E-state index contributed by atoms with van der Waals surface area (Å²) in [4.78, 5) is 11.0. The molecule has 1 aliphatic rings. The molecule has 1 aliphatic carbocycles. The highest BCUT2D eigenvalue weighted by atomic mass is 15.2. The van der Waals surface area contributed by atoms with Crippen LogP contribution in [0.25, 0.3) is 0 Å². The number of anilines is 1. The van der Waals surface area contributed by atoms with Crippen molar-refractivity contribution in [3.05, 3.63) is 18.1 Å². The first-order valence-electron chi connectivity index (χ1n) is 6.53. The van der Waals surface area contributed by atoms with Gasteiger partial charge in [0.2, 0.25) is 0 Å². The lowest BCUT2D eigenvalue weighted by molar-refractivity contribution is 0.698. The topological polar surface area (TPSA) is 41.1 Å². The summed E-state index contributed by atoms with van der Waals surface area (Å²) in [5.41, 5.74) is 0.965. The second-order valence-corrected chi connectivity index (χ2v) is 4.68. The summed E-state index contributed by atoms with van der Waals surface area (Å²) >= 11 is 0. The Kier molecular flexibility index (Phi) is 4.54. The molecule has 4 heteroatoms. The summed E-state index contributed by atoms with van der Waals surface area (Å²) < 4.78 is 0. The zero-order chi connectivity index (χ0) is 12.8. The lowest BCUT2D eigenvalue weighted by Crippen LogP contribution is -2.27. The Balaban J connectivity index is 2.05. The highest BCUT2D eigenvalue weighted by Gasteiger charge is 2.24. The van der Waals surface area contributed by atoms with Crippen molar-refractivity contribution < 1.29 is 0 Å². The molecular weight excluding hydrogens is 224 g/mol. The van der Waals surface area contributed by atoms with Gasteiger partial charge in [-0.05, 0) is 25.3 Å². The maximum atomic E-state index is 5.43. The minimum Gasteiger partial charge on any atom is -0.344 e. The minimum atomic E-state index is 0.607. The quantitative estimate of drug-likeness (QED) is 0.737. The Morgan fingerprint density at radius 3 is 3.00 bits per heavy atom. The summed E-state index contributed by atoms with van der Waals surface area (Å²) in [6.45, 7) is 5.38. The molecule has 1 heterocycles.